The lowest BCUT2D eigenvalue weighted by molar-refractivity contribution is 0.661. The van der Waals surface area contributed by atoms with Gasteiger partial charge in [-0.15, -0.1) is 0 Å². The van der Waals surface area contributed by atoms with Crippen LogP contribution >= 0.6 is 0 Å². The summed E-state index contributed by atoms with van der Waals surface area (Å²) in [5, 5.41) is 0. The van der Waals surface area contributed by atoms with E-state index in [4.69, 9.17) is 26.5 Å². The number of fused-ring (bicyclic) bond motifs is 3. The highest BCUT2D eigenvalue weighted by Gasteiger charge is 2.36. The minimum absolute atomic E-state index is 0.261. The Morgan fingerprint density at radius 3 is 1.65 bits per heavy atom. The topological polar surface area (TPSA) is 55.9 Å². The first-order valence-corrected chi connectivity index (χ1v) is 18.5. The summed E-state index contributed by atoms with van der Waals surface area (Å²) in [6.45, 7) is 16.5. The van der Waals surface area contributed by atoms with E-state index in [-0.39, 0.29) is 5.41 Å². The van der Waals surface area contributed by atoms with Crippen LogP contribution in [0.15, 0.2) is 152 Å². The van der Waals surface area contributed by atoms with Crippen LogP contribution in [0.3, 0.4) is 0 Å². The Balaban J connectivity index is 1.23. The molecule has 8 aromatic rings. The molecule has 0 bridgehead atoms. The van der Waals surface area contributed by atoms with Crippen LogP contribution in [0.5, 0.6) is 0 Å². The van der Waals surface area contributed by atoms with Gasteiger partial charge in [0.1, 0.15) is 0 Å². The van der Waals surface area contributed by atoms with E-state index in [1.165, 1.54) is 11.1 Å². The molecule has 9 rings (SSSR count). The predicted octanol–water partition coefficient (Wildman–Crippen LogP) is 12.7. The molecule has 0 fully saturated rings. The molecule has 55 heavy (non-hydrogen) atoms. The van der Waals surface area contributed by atoms with E-state index >= 15 is 0 Å². The summed E-state index contributed by atoms with van der Waals surface area (Å²) >= 11 is 0. The monoisotopic (exact) mass is 707 g/mol. The molecule has 0 N–H and O–H groups in total. The van der Waals surface area contributed by atoms with Crippen molar-refractivity contribution in [1.29, 1.82) is 0 Å². The van der Waals surface area contributed by atoms with Gasteiger partial charge in [0.05, 0.1) is 6.57 Å². The lowest BCUT2D eigenvalue weighted by Crippen LogP contribution is -2.14. The first-order chi connectivity index (χ1) is 26.8. The lowest BCUT2D eigenvalue weighted by Gasteiger charge is -2.22. The smallest absolute Gasteiger partial charge is 0.195 e. The summed E-state index contributed by atoms with van der Waals surface area (Å²) in [4.78, 5) is 24.0. The summed E-state index contributed by atoms with van der Waals surface area (Å²) in [5.41, 5.74) is 16.2. The fourth-order valence-electron chi connectivity index (χ4n) is 7.90. The van der Waals surface area contributed by atoms with Crippen LogP contribution in [-0.4, -0.2) is 19.9 Å². The SMILES string of the molecule is [C-]#[N+]c1cccc2c1-c1ccc(-c3cc(-c4nc(-c5ccccc5)nc(-c5ccc(-c6ccccc6)cc5)n4)cc(-c4ccc(C)nc4C)c3)cc1C2(C)C. The van der Waals surface area contributed by atoms with Gasteiger partial charge in [0.25, 0.3) is 0 Å². The minimum Gasteiger partial charge on any atom is -0.258 e. The van der Waals surface area contributed by atoms with Gasteiger partial charge in [0.2, 0.25) is 0 Å². The second kappa shape index (κ2) is 13.4. The van der Waals surface area contributed by atoms with Gasteiger partial charge in [0.15, 0.2) is 23.2 Å². The van der Waals surface area contributed by atoms with Crippen molar-refractivity contribution < 1.29 is 0 Å². The molecule has 0 atom stereocenters. The molecule has 5 nitrogen and oxygen atoms in total. The zero-order valence-electron chi connectivity index (χ0n) is 31.2. The van der Waals surface area contributed by atoms with Crippen molar-refractivity contribution in [3.8, 4) is 78.7 Å². The fraction of sp³-hybridized carbons (Fsp3) is 0.100. The molecule has 0 amide bonds. The van der Waals surface area contributed by atoms with Crippen molar-refractivity contribution >= 4 is 5.69 Å². The Morgan fingerprint density at radius 2 is 0.982 bits per heavy atom. The summed E-state index contributed by atoms with van der Waals surface area (Å²) in [5.74, 6) is 1.81. The number of benzene rings is 6. The molecule has 0 radical (unpaired) electrons. The molecule has 6 aromatic carbocycles. The molecule has 0 saturated heterocycles. The van der Waals surface area contributed by atoms with Crippen LogP contribution < -0.4 is 0 Å². The maximum absolute atomic E-state index is 7.89. The quantitative estimate of drug-likeness (QED) is 0.161. The number of nitrogens with zero attached hydrogens (tertiary/aromatic N) is 5. The Kier molecular flexibility index (Phi) is 8.25. The van der Waals surface area contributed by atoms with Crippen molar-refractivity contribution in [2.75, 3.05) is 0 Å². The predicted molar refractivity (Wildman–Crippen MR) is 224 cm³/mol. The molecule has 2 heterocycles. The molecular formula is C50H37N5. The molecule has 262 valence electrons. The minimum atomic E-state index is -0.261. The number of hydrogen-bond donors (Lipinski definition) is 0. The molecule has 1 aliphatic carbocycles. The van der Waals surface area contributed by atoms with Crippen LogP contribution in [0.25, 0.3) is 83.5 Å². The van der Waals surface area contributed by atoms with Gasteiger partial charge in [-0.3, -0.25) is 4.98 Å². The largest absolute Gasteiger partial charge is 0.258 e. The summed E-state index contributed by atoms with van der Waals surface area (Å²) < 4.78 is 0. The third-order valence-electron chi connectivity index (χ3n) is 10.8. The third-order valence-corrected chi connectivity index (χ3v) is 10.8. The number of aryl methyl sites for hydroxylation is 2. The van der Waals surface area contributed by atoms with Crippen molar-refractivity contribution in [2.24, 2.45) is 0 Å². The van der Waals surface area contributed by atoms with E-state index in [1.54, 1.807) is 0 Å². The highest BCUT2D eigenvalue weighted by atomic mass is 15.0. The van der Waals surface area contributed by atoms with Crippen LogP contribution in [-0.2, 0) is 5.41 Å². The standard InChI is InChI=1S/C50H37N5/c1-31-19-25-41(32(2)52-31)39-27-38(37-24-26-42-44(30-37)50(3,4)43-17-12-18-45(51-5)46(42)43)28-40(29-39)49-54-47(35-15-10-7-11-16-35)53-48(55-49)36-22-20-34(21-23-36)33-13-8-6-9-14-33/h6-30H,1-4H3. The van der Waals surface area contributed by atoms with Crippen LogP contribution in [0.2, 0.25) is 0 Å². The van der Waals surface area contributed by atoms with Crippen molar-refractivity contribution in [1.82, 2.24) is 19.9 Å². The first kappa shape index (κ1) is 33.8. The Morgan fingerprint density at radius 1 is 0.436 bits per heavy atom. The molecular weight excluding hydrogens is 671 g/mol. The Bertz CT molecular complexity index is 2800. The molecule has 0 aliphatic heterocycles. The summed E-state index contributed by atoms with van der Waals surface area (Å²) in [7, 11) is 0. The lowest BCUT2D eigenvalue weighted by atomic mass is 9.81. The molecule has 0 saturated carbocycles. The molecule has 1 aliphatic rings. The van der Waals surface area contributed by atoms with E-state index in [1.807, 2.05) is 55.5 Å². The Labute approximate surface area is 321 Å². The maximum atomic E-state index is 7.89. The van der Waals surface area contributed by atoms with Gasteiger partial charge in [0, 0.05) is 39.1 Å². The number of pyridine rings is 1. The maximum Gasteiger partial charge on any atom is 0.195 e. The van der Waals surface area contributed by atoms with Gasteiger partial charge in [-0.2, -0.15) is 0 Å². The number of aromatic nitrogens is 4. The average molecular weight is 708 g/mol. The third kappa shape index (κ3) is 6.08. The van der Waals surface area contributed by atoms with E-state index in [0.717, 1.165) is 72.6 Å². The van der Waals surface area contributed by atoms with Crippen molar-refractivity contribution in [3.63, 3.8) is 0 Å². The number of rotatable bonds is 6. The Hall–Kier alpha value is -7.03. The second-order valence-corrected chi connectivity index (χ2v) is 14.7. The second-order valence-electron chi connectivity index (χ2n) is 14.7. The van der Waals surface area contributed by atoms with Crippen LogP contribution in [0.1, 0.15) is 36.4 Å². The van der Waals surface area contributed by atoms with E-state index in [2.05, 4.69) is 129 Å². The van der Waals surface area contributed by atoms with Crippen molar-refractivity contribution in [3.05, 3.63) is 186 Å². The molecule has 5 heteroatoms. The summed E-state index contributed by atoms with van der Waals surface area (Å²) in [6, 6.07) is 52.4. The zero-order chi connectivity index (χ0) is 37.7. The zero-order valence-corrected chi connectivity index (χ0v) is 31.2. The average Bonchev–Trinajstić information content (AvgIpc) is 3.46. The highest BCUT2D eigenvalue weighted by Crippen LogP contribution is 2.53. The molecule has 0 spiro atoms. The van der Waals surface area contributed by atoms with E-state index in [0.29, 0.717) is 23.2 Å². The van der Waals surface area contributed by atoms with Gasteiger partial charge < -0.3 is 0 Å². The van der Waals surface area contributed by atoms with Gasteiger partial charge >= 0.3 is 0 Å². The van der Waals surface area contributed by atoms with Crippen molar-refractivity contribution in [2.45, 2.75) is 33.1 Å². The van der Waals surface area contributed by atoms with Gasteiger partial charge in [-0.25, -0.2) is 19.8 Å². The van der Waals surface area contributed by atoms with Gasteiger partial charge in [-0.05, 0) is 94.3 Å². The van der Waals surface area contributed by atoms with E-state index in [9.17, 15) is 0 Å². The van der Waals surface area contributed by atoms with Crippen LogP contribution in [0, 0.1) is 20.4 Å². The van der Waals surface area contributed by atoms with Crippen LogP contribution in [0.4, 0.5) is 5.69 Å². The number of hydrogen-bond acceptors (Lipinski definition) is 4. The first-order valence-electron chi connectivity index (χ1n) is 18.5. The normalized spacial score (nSPS) is 12.5. The van der Waals surface area contributed by atoms with Gasteiger partial charge in [-0.1, -0.05) is 135 Å². The fourth-order valence-corrected chi connectivity index (χ4v) is 7.90. The highest BCUT2D eigenvalue weighted by molar-refractivity contribution is 5.92. The van der Waals surface area contributed by atoms with E-state index < -0.39 is 0 Å². The summed E-state index contributed by atoms with van der Waals surface area (Å²) in [6.07, 6.45) is 0. The molecule has 2 aromatic heterocycles. The molecule has 0 unspecified atom stereocenters.